The summed E-state index contributed by atoms with van der Waals surface area (Å²) in [6, 6.07) is 7.66. The highest BCUT2D eigenvalue weighted by Crippen LogP contribution is 2.20. The predicted molar refractivity (Wildman–Crippen MR) is 62.8 cm³/mol. The van der Waals surface area contributed by atoms with Gasteiger partial charge in [0.15, 0.2) is 5.60 Å². The summed E-state index contributed by atoms with van der Waals surface area (Å²) in [7, 11) is 0. The molecule has 5 heteroatoms. The van der Waals surface area contributed by atoms with Crippen molar-refractivity contribution in [3.05, 3.63) is 35.9 Å². The number of carbonyl (C=O) groups excluding carboxylic acids is 2. The van der Waals surface area contributed by atoms with E-state index in [0.717, 1.165) is 0 Å². The zero-order chi connectivity index (χ0) is 13.1. The quantitative estimate of drug-likeness (QED) is 0.680. The maximum atomic E-state index is 11.8. The number of nitrogens with one attached hydrogen (secondary N) is 1. The molecule has 0 fully saturated rings. The molecule has 0 aromatic heterocycles. The fourth-order valence-corrected chi connectivity index (χ4v) is 1.30. The molecular weight excluding hydrogens is 220 g/mol. The molecular formula is C12H16N2O3. The standard InChI is InChI=1S/C12H16N2O3/c1-8(10(13)15)14-11(16)12(2,17)9-6-4-3-5-7-9/h3-8,17H,1-2H3,(H2,13,15)(H,14,16)/t8-,12-/m1/s1. The number of hydrogen-bond donors (Lipinski definition) is 3. The van der Waals surface area contributed by atoms with Crippen LogP contribution in [0, 0.1) is 0 Å². The smallest absolute Gasteiger partial charge is 0.256 e. The molecule has 92 valence electrons. The van der Waals surface area contributed by atoms with Crippen LogP contribution in [0.4, 0.5) is 0 Å². The van der Waals surface area contributed by atoms with Crippen molar-refractivity contribution in [3.63, 3.8) is 0 Å². The molecule has 1 aromatic rings. The highest BCUT2D eigenvalue weighted by atomic mass is 16.3. The minimum atomic E-state index is -1.69. The summed E-state index contributed by atoms with van der Waals surface area (Å²) in [4.78, 5) is 22.6. The van der Waals surface area contributed by atoms with E-state index in [4.69, 9.17) is 5.73 Å². The first kappa shape index (κ1) is 13.2. The highest BCUT2D eigenvalue weighted by Gasteiger charge is 2.33. The topological polar surface area (TPSA) is 92.4 Å². The van der Waals surface area contributed by atoms with Crippen LogP contribution in [-0.2, 0) is 15.2 Å². The van der Waals surface area contributed by atoms with E-state index >= 15 is 0 Å². The van der Waals surface area contributed by atoms with Crippen LogP contribution in [-0.4, -0.2) is 23.0 Å². The summed E-state index contributed by atoms with van der Waals surface area (Å²) in [5.41, 5.74) is 3.79. The van der Waals surface area contributed by atoms with Crippen LogP contribution in [0.1, 0.15) is 19.4 Å². The molecule has 0 bridgehead atoms. The molecule has 0 radical (unpaired) electrons. The Hall–Kier alpha value is -1.88. The molecule has 0 spiro atoms. The number of benzene rings is 1. The summed E-state index contributed by atoms with van der Waals surface area (Å²) in [6.07, 6.45) is 0. The third kappa shape index (κ3) is 3.04. The third-order valence-corrected chi connectivity index (χ3v) is 2.55. The van der Waals surface area contributed by atoms with Crippen LogP contribution in [0.25, 0.3) is 0 Å². The molecule has 1 aromatic carbocycles. The fourth-order valence-electron chi connectivity index (χ4n) is 1.30. The van der Waals surface area contributed by atoms with Gasteiger partial charge < -0.3 is 16.2 Å². The van der Waals surface area contributed by atoms with Crippen LogP contribution in [0.15, 0.2) is 30.3 Å². The van der Waals surface area contributed by atoms with E-state index in [9.17, 15) is 14.7 Å². The van der Waals surface area contributed by atoms with Crippen molar-refractivity contribution in [2.45, 2.75) is 25.5 Å². The second kappa shape index (κ2) is 4.97. The second-order valence-electron chi connectivity index (χ2n) is 4.04. The Balaban J connectivity index is 2.84. The van der Waals surface area contributed by atoms with Crippen molar-refractivity contribution in [3.8, 4) is 0 Å². The Kier molecular flexibility index (Phi) is 3.85. The Morgan fingerprint density at radius 1 is 1.35 bits per heavy atom. The zero-order valence-corrected chi connectivity index (χ0v) is 9.81. The Labute approximate surface area is 99.6 Å². The summed E-state index contributed by atoms with van der Waals surface area (Å²) in [6.45, 7) is 2.83. The SMILES string of the molecule is C[C@@H](NC(=O)[C@](C)(O)c1ccccc1)C(N)=O. The molecule has 0 heterocycles. The van der Waals surface area contributed by atoms with Crippen molar-refractivity contribution in [2.75, 3.05) is 0 Å². The van der Waals surface area contributed by atoms with Gasteiger partial charge >= 0.3 is 0 Å². The van der Waals surface area contributed by atoms with Gasteiger partial charge in [0.05, 0.1) is 0 Å². The minimum absolute atomic E-state index is 0.453. The maximum Gasteiger partial charge on any atom is 0.256 e. The zero-order valence-electron chi connectivity index (χ0n) is 9.81. The number of carbonyl (C=O) groups is 2. The molecule has 4 N–H and O–H groups in total. The van der Waals surface area contributed by atoms with Crippen LogP contribution >= 0.6 is 0 Å². The lowest BCUT2D eigenvalue weighted by Gasteiger charge is -2.24. The van der Waals surface area contributed by atoms with E-state index < -0.39 is 23.5 Å². The van der Waals surface area contributed by atoms with Crippen LogP contribution < -0.4 is 11.1 Å². The summed E-state index contributed by atoms with van der Waals surface area (Å²) >= 11 is 0. The van der Waals surface area contributed by atoms with Crippen LogP contribution in [0.3, 0.4) is 0 Å². The first-order valence-electron chi connectivity index (χ1n) is 5.24. The van der Waals surface area contributed by atoms with Crippen molar-refractivity contribution in [1.29, 1.82) is 0 Å². The summed E-state index contributed by atoms with van der Waals surface area (Å²) < 4.78 is 0. The van der Waals surface area contributed by atoms with Gasteiger partial charge in [0.25, 0.3) is 5.91 Å². The number of nitrogens with two attached hydrogens (primary N) is 1. The number of amides is 2. The van der Waals surface area contributed by atoms with Gasteiger partial charge in [0.1, 0.15) is 6.04 Å². The Morgan fingerprint density at radius 2 is 1.88 bits per heavy atom. The lowest BCUT2D eigenvalue weighted by molar-refractivity contribution is -0.141. The molecule has 0 aliphatic heterocycles. The predicted octanol–water partition coefficient (Wildman–Crippen LogP) is -0.116. The summed E-state index contributed by atoms with van der Waals surface area (Å²) in [5, 5.41) is 12.5. The molecule has 0 saturated heterocycles. The van der Waals surface area contributed by atoms with E-state index in [0.29, 0.717) is 5.56 Å². The van der Waals surface area contributed by atoms with Gasteiger partial charge in [0.2, 0.25) is 5.91 Å². The van der Waals surface area contributed by atoms with Gasteiger partial charge in [-0.25, -0.2) is 0 Å². The average Bonchev–Trinajstić information content (AvgIpc) is 2.29. The lowest BCUT2D eigenvalue weighted by Crippen LogP contribution is -2.50. The monoisotopic (exact) mass is 236 g/mol. The molecule has 17 heavy (non-hydrogen) atoms. The first-order valence-corrected chi connectivity index (χ1v) is 5.24. The van der Waals surface area contributed by atoms with Crippen molar-refractivity contribution in [1.82, 2.24) is 5.32 Å². The molecule has 1 rings (SSSR count). The van der Waals surface area contributed by atoms with Crippen LogP contribution in [0.5, 0.6) is 0 Å². The largest absolute Gasteiger partial charge is 0.376 e. The van der Waals surface area contributed by atoms with Gasteiger partial charge in [0, 0.05) is 0 Å². The fraction of sp³-hybridized carbons (Fsp3) is 0.333. The Bertz CT molecular complexity index is 415. The number of rotatable bonds is 4. The lowest BCUT2D eigenvalue weighted by atomic mass is 9.95. The normalized spacial score (nSPS) is 15.7. The Morgan fingerprint density at radius 3 is 2.35 bits per heavy atom. The highest BCUT2D eigenvalue weighted by molar-refractivity contribution is 5.90. The molecule has 2 atom stereocenters. The second-order valence-corrected chi connectivity index (χ2v) is 4.04. The molecule has 0 aliphatic carbocycles. The van der Waals surface area contributed by atoms with Gasteiger partial charge in [-0.1, -0.05) is 30.3 Å². The van der Waals surface area contributed by atoms with Gasteiger partial charge in [-0.3, -0.25) is 9.59 Å². The number of aliphatic hydroxyl groups is 1. The van der Waals surface area contributed by atoms with Crippen molar-refractivity contribution in [2.24, 2.45) is 5.73 Å². The van der Waals surface area contributed by atoms with E-state index in [1.807, 2.05) is 0 Å². The number of hydrogen-bond acceptors (Lipinski definition) is 3. The van der Waals surface area contributed by atoms with Gasteiger partial charge in [-0.15, -0.1) is 0 Å². The molecule has 0 saturated carbocycles. The van der Waals surface area contributed by atoms with Gasteiger partial charge in [-0.2, -0.15) is 0 Å². The maximum absolute atomic E-state index is 11.8. The van der Waals surface area contributed by atoms with Crippen LogP contribution in [0.2, 0.25) is 0 Å². The molecule has 5 nitrogen and oxygen atoms in total. The van der Waals surface area contributed by atoms with E-state index in [2.05, 4.69) is 5.32 Å². The van der Waals surface area contributed by atoms with E-state index in [1.165, 1.54) is 13.8 Å². The number of primary amides is 1. The van der Waals surface area contributed by atoms with E-state index in [-0.39, 0.29) is 0 Å². The first-order chi connectivity index (χ1) is 7.85. The molecule has 0 aliphatic rings. The van der Waals surface area contributed by atoms with Crippen molar-refractivity contribution < 1.29 is 14.7 Å². The third-order valence-electron chi connectivity index (χ3n) is 2.55. The van der Waals surface area contributed by atoms with Gasteiger partial charge in [-0.05, 0) is 19.4 Å². The minimum Gasteiger partial charge on any atom is -0.376 e. The summed E-state index contributed by atoms with van der Waals surface area (Å²) in [5.74, 6) is -1.31. The average molecular weight is 236 g/mol. The van der Waals surface area contributed by atoms with E-state index in [1.54, 1.807) is 30.3 Å². The molecule has 0 unspecified atom stereocenters. The molecule has 2 amide bonds. The van der Waals surface area contributed by atoms with Crippen molar-refractivity contribution >= 4 is 11.8 Å².